The van der Waals surface area contributed by atoms with Crippen molar-refractivity contribution in [2.45, 2.75) is 19.9 Å². The number of pyridine rings is 1. The first-order chi connectivity index (χ1) is 14.5. The average Bonchev–Trinajstić information content (AvgIpc) is 2.78. The van der Waals surface area contributed by atoms with Crippen molar-refractivity contribution >= 4 is 17.6 Å². The Morgan fingerprint density at radius 1 is 0.900 bits per heavy atom. The minimum atomic E-state index is -0.699. The molecule has 3 aromatic rings. The second kappa shape index (κ2) is 9.69. The van der Waals surface area contributed by atoms with Crippen molar-refractivity contribution in [3.63, 3.8) is 0 Å². The smallest absolute Gasteiger partial charge is 0.251 e. The number of carbonyl (C=O) groups is 2. The lowest BCUT2D eigenvalue weighted by Gasteiger charge is -2.21. The Bertz CT molecular complexity index is 984. The van der Waals surface area contributed by atoms with Crippen LogP contribution in [0, 0.1) is 5.92 Å². The number of nitrogens with zero attached hydrogens (tertiary/aromatic N) is 1. The van der Waals surface area contributed by atoms with Crippen molar-refractivity contribution in [2.75, 3.05) is 12.4 Å². The summed E-state index contributed by atoms with van der Waals surface area (Å²) < 4.78 is 5.11. The van der Waals surface area contributed by atoms with Crippen molar-refractivity contribution in [3.05, 3.63) is 78.5 Å². The average molecular weight is 403 g/mol. The van der Waals surface area contributed by atoms with E-state index in [2.05, 4.69) is 15.6 Å². The molecule has 0 aliphatic rings. The molecule has 0 fully saturated rings. The maximum absolute atomic E-state index is 12.8. The fourth-order valence-electron chi connectivity index (χ4n) is 2.98. The summed E-state index contributed by atoms with van der Waals surface area (Å²) in [6.45, 7) is 3.76. The normalized spacial score (nSPS) is 11.6. The second-order valence-corrected chi connectivity index (χ2v) is 7.21. The van der Waals surface area contributed by atoms with Gasteiger partial charge in [-0.2, -0.15) is 0 Å². The van der Waals surface area contributed by atoms with Gasteiger partial charge in [-0.3, -0.25) is 9.59 Å². The Balaban J connectivity index is 1.67. The zero-order chi connectivity index (χ0) is 21.5. The van der Waals surface area contributed by atoms with Crippen LogP contribution in [0.3, 0.4) is 0 Å². The number of methoxy groups -OCH3 is 1. The molecule has 154 valence electrons. The fourth-order valence-corrected chi connectivity index (χ4v) is 2.98. The summed E-state index contributed by atoms with van der Waals surface area (Å²) in [5.74, 6) is 0.361. The van der Waals surface area contributed by atoms with Gasteiger partial charge in [0.15, 0.2) is 0 Å². The van der Waals surface area contributed by atoms with E-state index in [0.29, 0.717) is 17.1 Å². The molecule has 2 amide bonds. The standard InChI is InChI=1S/C24H25N3O3/c1-16(2)22(27-23(28)18-9-12-20(30-3)13-10-18)24(29)26-21-14-11-19(15-25-21)17-7-5-4-6-8-17/h4-16,22H,1-3H3,(H,27,28)(H,25,26,29). The minimum Gasteiger partial charge on any atom is -0.497 e. The number of amides is 2. The van der Waals surface area contributed by atoms with Crippen LogP contribution < -0.4 is 15.4 Å². The Hall–Kier alpha value is -3.67. The van der Waals surface area contributed by atoms with E-state index in [-0.39, 0.29) is 17.7 Å². The molecule has 0 spiro atoms. The van der Waals surface area contributed by atoms with Crippen LogP contribution in [0.5, 0.6) is 5.75 Å². The molecule has 3 rings (SSSR count). The summed E-state index contributed by atoms with van der Waals surface area (Å²) in [7, 11) is 1.56. The zero-order valence-electron chi connectivity index (χ0n) is 17.3. The number of benzene rings is 2. The van der Waals surface area contributed by atoms with E-state index < -0.39 is 6.04 Å². The Labute approximate surface area is 176 Å². The molecule has 0 saturated carbocycles. The quantitative estimate of drug-likeness (QED) is 0.621. The molecule has 1 atom stereocenters. The summed E-state index contributed by atoms with van der Waals surface area (Å²) in [4.78, 5) is 29.7. The maximum atomic E-state index is 12.8. The van der Waals surface area contributed by atoms with E-state index in [1.54, 1.807) is 43.6 Å². The number of hydrogen-bond acceptors (Lipinski definition) is 4. The van der Waals surface area contributed by atoms with E-state index in [0.717, 1.165) is 11.1 Å². The molecule has 6 heteroatoms. The molecule has 0 bridgehead atoms. The first-order valence-corrected chi connectivity index (χ1v) is 9.75. The van der Waals surface area contributed by atoms with Gasteiger partial charge in [0.05, 0.1) is 7.11 Å². The van der Waals surface area contributed by atoms with Gasteiger partial charge in [0.25, 0.3) is 5.91 Å². The highest BCUT2D eigenvalue weighted by Gasteiger charge is 2.25. The maximum Gasteiger partial charge on any atom is 0.251 e. The van der Waals surface area contributed by atoms with Gasteiger partial charge in [-0.05, 0) is 47.9 Å². The lowest BCUT2D eigenvalue weighted by Crippen LogP contribution is -2.47. The molecule has 1 unspecified atom stereocenters. The predicted octanol–water partition coefficient (Wildman–Crippen LogP) is 4.15. The Kier molecular flexibility index (Phi) is 6.80. The van der Waals surface area contributed by atoms with E-state index in [1.165, 1.54) is 0 Å². The highest BCUT2D eigenvalue weighted by atomic mass is 16.5. The summed E-state index contributed by atoms with van der Waals surface area (Å²) in [6.07, 6.45) is 1.71. The molecule has 0 saturated heterocycles. The molecular formula is C24H25N3O3. The molecule has 30 heavy (non-hydrogen) atoms. The number of anilines is 1. The van der Waals surface area contributed by atoms with Gasteiger partial charge in [-0.25, -0.2) is 4.98 Å². The highest BCUT2D eigenvalue weighted by Crippen LogP contribution is 2.19. The third kappa shape index (κ3) is 5.23. The molecule has 0 radical (unpaired) electrons. The molecule has 2 aromatic carbocycles. The molecule has 1 heterocycles. The number of rotatable bonds is 7. The molecule has 0 aliphatic heterocycles. The van der Waals surface area contributed by atoms with Crippen molar-refractivity contribution in [1.29, 1.82) is 0 Å². The summed E-state index contributed by atoms with van der Waals surface area (Å²) >= 11 is 0. The Morgan fingerprint density at radius 2 is 1.60 bits per heavy atom. The van der Waals surface area contributed by atoms with Crippen molar-refractivity contribution in [2.24, 2.45) is 5.92 Å². The van der Waals surface area contributed by atoms with Crippen LogP contribution >= 0.6 is 0 Å². The van der Waals surface area contributed by atoms with Crippen molar-refractivity contribution in [1.82, 2.24) is 10.3 Å². The van der Waals surface area contributed by atoms with E-state index in [1.807, 2.05) is 50.2 Å². The number of aromatic nitrogens is 1. The number of ether oxygens (including phenoxy) is 1. The van der Waals surface area contributed by atoms with Crippen LogP contribution in [-0.2, 0) is 4.79 Å². The SMILES string of the molecule is COc1ccc(C(=O)NC(C(=O)Nc2ccc(-c3ccccc3)cn2)C(C)C)cc1. The fraction of sp³-hybridized carbons (Fsp3) is 0.208. The molecule has 1 aromatic heterocycles. The van der Waals surface area contributed by atoms with Gasteiger partial charge in [0.1, 0.15) is 17.6 Å². The summed E-state index contributed by atoms with van der Waals surface area (Å²) in [6, 6.07) is 19.6. The highest BCUT2D eigenvalue weighted by molar-refractivity contribution is 6.01. The number of hydrogen-bond donors (Lipinski definition) is 2. The van der Waals surface area contributed by atoms with Gasteiger partial charge in [0, 0.05) is 17.3 Å². The van der Waals surface area contributed by atoms with Crippen LogP contribution in [0.25, 0.3) is 11.1 Å². The van der Waals surface area contributed by atoms with E-state index in [9.17, 15) is 9.59 Å². The van der Waals surface area contributed by atoms with E-state index in [4.69, 9.17) is 4.74 Å². The minimum absolute atomic E-state index is 0.101. The van der Waals surface area contributed by atoms with Crippen LogP contribution in [0.1, 0.15) is 24.2 Å². The molecule has 2 N–H and O–H groups in total. The van der Waals surface area contributed by atoms with Crippen LogP contribution in [0.4, 0.5) is 5.82 Å². The molecule has 6 nitrogen and oxygen atoms in total. The first-order valence-electron chi connectivity index (χ1n) is 9.75. The summed E-state index contributed by atoms with van der Waals surface area (Å²) in [5.41, 5.74) is 2.47. The van der Waals surface area contributed by atoms with Gasteiger partial charge >= 0.3 is 0 Å². The third-order valence-electron chi connectivity index (χ3n) is 4.71. The lowest BCUT2D eigenvalue weighted by molar-refractivity contribution is -0.118. The molecular weight excluding hydrogens is 378 g/mol. The molecule has 0 aliphatic carbocycles. The zero-order valence-corrected chi connectivity index (χ0v) is 17.3. The van der Waals surface area contributed by atoms with Crippen molar-refractivity contribution in [3.8, 4) is 16.9 Å². The van der Waals surface area contributed by atoms with Gasteiger partial charge < -0.3 is 15.4 Å². The van der Waals surface area contributed by atoms with Crippen LogP contribution in [0.2, 0.25) is 0 Å². The number of carbonyl (C=O) groups excluding carboxylic acids is 2. The van der Waals surface area contributed by atoms with E-state index >= 15 is 0 Å². The van der Waals surface area contributed by atoms with Crippen molar-refractivity contribution < 1.29 is 14.3 Å². The van der Waals surface area contributed by atoms with Gasteiger partial charge in [-0.1, -0.05) is 44.2 Å². The summed E-state index contributed by atoms with van der Waals surface area (Å²) in [5, 5.41) is 5.60. The monoisotopic (exact) mass is 403 g/mol. The topological polar surface area (TPSA) is 80.3 Å². The van der Waals surface area contributed by atoms with Crippen LogP contribution in [-0.4, -0.2) is 29.9 Å². The van der Waals surface area contributed by atoms with Crippen LogP contribution in [0.15, 0.2) is 72.9 Å². The number of nitrogens with one attached hydrogen (secondary N) is 2. The third-order valence-corrected chi connectivity index (χ3v) is 4.71. The van der Waals surface area contributed by atoms with Gasteiger partial charge in [0.2, 0.25) is 5.91 Å². The second-order valence-electron chi connectivity index (χ2n) is 7.21. The van der Waals surface area contributed by atoms with Gasteiger partial charge in [-0.15, -0.1) is 0 Å². The largest absolute Gasteiger partial charge is 0.497 e. The predicted molar refractivity (Wildman–Crippen MR) is 117 cm³/mol. The Morgan fingerprint density at radius 3 is 2.17 bits per heavy atom. The first kappa shape index (κ1) is 21.0. The lowest BCUT2D eigenvalue weighted by atomic mass is 10.0.